The van der Waals surface area contributed by atoms with Gasteiger partial charge in [0.1, 0.15) is 11.6 Å². The van der Waals surface area contributed by atoms with Crippen LogP contribution in [0.15, 0.2) is 18.2 Å². The fraction of sp³-hybridized carbons (Fsp3) is 0.417. The van der Waals surface area contributed by atoms with Gasteiger partial charge in [0.15, 0.2) is 0 Å². The number of amides is 1. The summed E-state index contributed by atoms with van der Waals surface area (Å²) in [4.78, 5) is 12.0. The van der Waals surface area contributed by atoms with Crippen molar-refractivity contribution in [1.82, 2.24) is 5.32 Å². The number of halogens is 2. The number of hydrogen-bond acceptors (Lipinski definition) is 2. The summed E-state index contributed by atoms with van der Waals surface area (Å²) in [5.74, 6) is -1.28. The lowest BCUT2D eigenvalue weighted by atomic mass is 10.2. The molecule has 1 atom stereocenters. The van der Waals surface area contributed by atoms with E-state index in [2.05, 4.69) is 21.2 Å². The lowest BCUT2D eigenvalue weighted by Gasteiger charge is -2.07. The van der Waals surface area contributed by atoms with Crippen molar-refractivity contribution in [3.63, 3.8) is 0 Å². The molecule has 0 heterocycles. The second-order valence-electron chi connectivity index (χ2n) is 3.84. The van der Waals surface area contributed by atoms with Crippen LogP contribution in [0.25, 0.3) is 0 Å². The second kappa shape index (κ2) is 6.59. The zero-order chi connectivity index (χ0) is 12.8. The van der Waals surface area contributed by atoms with Crippen LogP contribution in [-0.4, -0.2) is 22.4 Å². The monoisotopic (exact) mass is 303 g/mol. The zero-order valence-corrected chi connectivity index (χ0v) is 11.1. The average Bonchev–Trinajstić information content (AvgIpc) is 2.23. The fourth-order valence-electron chi connectivity index (χ4n) is 1.38. The predicted molar refractivity (Wildman–Crippen MR) is 68.0 cm³/mol. The number of nitrogens with one attached hydrogen (secondary N) is 1. The van der Waals surface area contributed by atoms with Crippen LogP contribution in [0.2, 0.25) is 0 Å². The number of carbonyl (C=O) groups is 1. The smallest absolute Gasteiger partial charge is 0.255 e. The van der Waals surface area contributed by atoms with Crippen LogP contribution in [0.3, 0.4) is 0 Å². The molecule has 0 aliphatic carbocycles. The summed E-state index contributed by atoms with van der Waals surface area (Å²) in [6.45, 7) is 2.57. The molecule has 0 aromatic heterocycles. The van der Waals surface area contributed by atoms with E-state index in [4.69, 9.17) is 0 Å². The molecule has 2 N–H and O–H groups in total. The molecule has 1 aromatic rings. The minimum Gasteiger partial charge on any atom is -0.507 e. The van der Waals surface area contributed by atoms with Crippen LogP contribution in [0, 0.1) is 5.82 Å². The van der Waals surface area contributed by atoms with Crippen LogP contribution >= 0.6 is 15.9 Å². The van der Waals surface area contributed by atoms with Crippen molar-refractivity contribution in [2.45, 2.75) is 24.6 Å². The quantitative estimate of drug-likeness (QED) is 0.649. The molecule has 0 saturated heterocycles. The van der Waals surface area contributed by atoms with E-state index < -0.39 is 5.82 Å². The summed E-state index contributed by atoms with van der Waals surface area (Å²) >= 11 is 3.41. The molecule has 0 aliphatic rings. The van der Waals surface area contributed by atoms with Gasteiger partial charge in [-0.3, -0.25) is 4.79 Å². The van der Waals surface area contributed by atoms with Gasteiger partial charge in [-0.15, -0.1) is 0 Å². The van der Waals surface area contributed by atoms with Gasteiger partial charge >= 0.3 is 0 Å². The Morgan fingerprint density at radius 3 is 2.88 bits per heavy atom. The van der Waals surface area contributed by atoms with E-state index in [9.17, 15) is 14.3 Å². The van der Waals surface area contributed by atoms with Gasteiger partial charge in [0.25, 0.3) is 5.91 Å². The van der Waals surface area contributed by atoms with E-state index in [1.807, 2.05) is 6.92 Å². The lowest BCUT2D eigenvalue weighted by molar-refractivity contribution is 0.0950. The SMILES string of the molecule is CC(Br)CCCNC(=O)c1ccc(F)cc1O. The minimum atomic E-state index is -0.563. The number of phenolic OH excluding ortho intramolecular Hbond substituents is 1. The topological polar surface area (TPSA) is 49.3 Å². The third-order valence-electron chi connectivity index (χ3n) is 2.27. The fourth-order valence-corrected chi connectivity index (χ4v) is 1.70. The highest BCUT2D eigenvalue weighted by Crippen LogP contribution is 2.17. The molecule has 5 heteroatoms. The normalized spacial score (nSPS) is 12.2. The molecule has 0 saturated carbocycles. The Morgan fingerprint density at radius 1 is 1.59 bits per heavy atom. The van der Waals surface area contributed by atoms with Crippen molar-refractivity contribution in [1.29, 1.82) is 0 Å². The maximum absolute atomic E-state index is 12.7. The van der Waals surface area contributed by atoms with Crippen LogP contribution in [0.4, 0.5) is 4.39 Å². The maximum atomic E-state index is 12.7. The number of phenols is 1. The number of carbonyl (C=O) groups excluding carboxylic acids is 1. The van der Waals surface area contributed by atoms with Gasteiger partial charge in [0.2, 0.25) is 0 Å². The Morgan fingerprint density at radius 2 is 2.29 bits per heavy atom. The van der Waals surface area contributed by atoms with Gasteiger partial charge in [-0.25, -0.2) is 4.39 Å². The Balaban J connectivity index is 2.47. The predicted octanol–water partition coefficient (Wildman–Crippen LogP) is 2.82. The molecule has 0 fully saturated rings. The van der Waals surface area contributed by atoms with Gasteiger partial charge in [-0.05, 0) is 25.0 Å². The first kappa shape index (κ1) is 14.0. The Kier molecular flexibility index (Phi) is 5.41. The Hall–Kier alpha value is -1.10. The van der Waals surface area contributed by atoms with Crippen LogP contribution in [-0.2, 0) is 0 Å². The molecule has 94 valence electrons. The van der Waals surface area contributed by atoms with Gasteiger partial charge in [0.05, 0.1) is 5.56 Å². The summed E-state index contributed by atoms with van der Waals surface area (Å²) in [7, 11) is 0. The molecule has 1 rings (SSSR count). The molecule has 1 amide bonds. The van der Waals surface area contributed by atoms with Crippen molar-refractivity contribution in [2.75, 3.05) is 6.54 Å². The first-order valence-electron chi connectivity index (χ1n) is 5.41. The molecule has 0 radical (unpaired) electrons. The third-order valence-corrected chi connectivity index (χ3v) is 2.73. The van der Waals surface area contributed by atoms with Gasteiger partial charge < -0.3 is 10.4 Å². The highest BCUT2D eigenvalue weighted by molar-refractivity contribution is 9.09. The molecule has 0 aliphatic heterocycles. The highest BCUT2D eigenvalue weighted by Gasteiger charge is 2.10. The van der Waals surface area contributed by atoms with Crippen molar-refractivity contribution in [3.05, 3.63) is 29.6 Å². The van der Waals surface area contributed by atoms with Crippen molar-refractivity contribution < 1.29 is 14.3 Å². The molecule has 3 nitrogen and oxygen atoms in total. The number of benzene rings is 1. The molecular formula is C12H15BrFNO2. The van der Waals surface area contributed by atoms with Gasteiger partial charge in [-0.2, -0.15) is 0 Å². The molecular weight excluding hydrogens is 289 g/mol. The zero-order valence-electron chi connectivity index (χ0n) is 9.54. The molecule has 17 heavy (non-hydrogen) atoms. The number of hydrogen-bond donors (Lipinski definition) is 2. The summed E-state index contributed by atoms with van der Waals surface area (Å²) in [6, 6.07) is 3.35. The lowest BCUT2D eigenvalue weighted by Crippen LogP contribution is -2.24. The van der Waals surface area contributed by atoms with Crippen molar-refractivity contribution in [2.24, 2.45) is 0 Å². The van der Waals surface area contributed by atoms with E-state index in [0.717, 1.165) is 25.0 Å². The summed E-state index contributed by atoms with van der Waals surface area (Å²) < 4.78 is 12.7. The summed E-state index contributed by atoms with van der Waals surface area (Å²) in [5.41, 5.74) is 0.0956. The molecule has 1 unspecified atom stereocenters. The average molecular weight is 304 g/mol. The van der Waals surface area contributed by atoms with E-state index in [1.165, 1.54) is 6.07 Å². The molecule has 1 aromatic carbocycles. The Labute approximate surface area is 108 Å². The summed E-state index contributed by atoms with van der Waals surface area (Å²) in [5, 5.41) is 12.1. The number of aromatic hydroxyl groups is 1. The van der Waals surface area contributed by atoms with E-state index in [1.54, 1.807) is 0 Å². The first-order valence-corrected chi connectivity index (χ1v) is 6.33. The Bertz CT molecular complexity index is 396. The largest absolute Gasteiger partial charge is 0.507 e. The van der Waals surface area contributed by atoms with Gasteiger partial charge in [-0.1, -0.05) is 22.9 Å². The van der Waals surface area contributed by atoms with Crippen molar-refractivity contribution >= 4 is 21.8 Å². The maximum Gasteiger partial charge on any atom is 0.255 e. The first-order chi connectivity index (χ1) is 8.00. The molecule has 0 bridgehead atoms. The minimum absolute atomic E-state index is 0.0956. The van der Waals surface area contributed by atoms with E-state index >= 15 is 0 Å². The van der Waals surface area contributed by atoms with Crippen LogP contribution in [0.1, 0.15) is 30.1 Å². The third kappa shape index (κ3) is 4.73. The number of rotatable bonds is 5. The standard InChI is InChI=1S/C12H15BrFNO2/c1-8(13)3-2-6-15-12(17)10-5-4-9(14)7-11(10)16/h4-5,7-8,16H,2-3,6H2,1H3,(H,15,17). The second-order valence-corrected chi connectivity index (χ2v) is 5.40. The van der Waals surface area contributed by atoms with Crippen LogP contribution in [0.5, 0.6) is 5.75 Å². The summed E-state index contributed by atoms with van der Waals surface area (Å²) in [6.07, 6.45) is 1.80. The van der Waals surface area contributed by atoms with Gasteiger partial charge in [0, 0.05) is 17.4 Å². The highest BCUT2D eigenvalue weighted by atomic mass is 79.9. The van der Waals surface area contributed by atoms with E-state index in [-0.39, 0.29) is 17.2 Å². The van der Waals surface area contributed by atoms with Crippen molar-refractivity contribution in [3.8, 4) is 5.75 Å². The van der Waals surface area contributed by atoms with Crippen LogP contribution < -0.4 is 5.32 Å². The number of alkyl halides is 1. The molecule has 0 spiro atoms. The van der Waals surface area contributed by atoms with E-state index in [0.29, 0.717) is 11.4 Å².